The Labute approximate surface area is 131 Å². The molecule has 1 saturated carbocycles. The van der Waals surface area contributed by atoms with Gasteiger partial charge in [-0.2, -0.15) is 0 Å². The van der Waals surface area contributed by atoms with Gasteiger partial charge >= 0.3 is 0 Å². The van der Waals surface area contributed by atoms with E-state index in [9.17, 15) is 0 Å². The highest BCUT2D eigenvalue weighted by Crippen LogP contribution is 2.45. The quantitative estimate of drug-likeness (QED) is 0.645. The molecule has 0 bridgehead atoms. The van der Waals surface area contributed by atoms with Crippen LogP contribution in [0.4, 0.5) is 0 Å². The summed E-state index contributed by atoms with van der Waals surface area (Å²) in [6.07, 6.45) is 10.9. The fraction of sp³-hybridized carbons (Fsp3) is 0.500. The van der Waals surface area contributed by atoms with E-state index in [1.807, 2.05) is 0 Å². The first-order chi connectivity index (χ1) is 10.1. The molecule has 1 aromatic rings. The third kappa shape index (κ3) is 2.57. The van der Waals surface area contributed by atoms with Gasteiger partial charge in [0.1, 0.15) is 8.07 Å². The van der Waals surface area contributed by atoms with Gasteiger partial charge in [-0.05, 0) is 25.8 Å². The molecule has 0 aromatic heterocycles. The molecule has 0 amide bonds. The monoisotopic (exact) mass is 296 g/mol. The van der Waals surface area contributed by atoms with Crippen LogP contribution in [0.3, 0.4) is 0 Å². The molecule has 1 aromatic carbocycles. The Morgan fingerprint density at radius 1 is 0.952 bits per heavy atom. The molecule has 2 aliphatic carbocycles. The lowest BCUT2D eigenvalue weighted by atomic mass is 10.0. The average molecular weight is 297 g/mol. The second kappa shape index (κ2) is 5.96. The molecule has 0 nitrogen and oxygen atoms in total. The van der Waals surface area contributed by atoms with Crippen LogP contribution in [0, 0.1) is 0 Å². The highest BCUT2D eigenvalue weighted by atomic mass is 28.3. The van der Waals surface area contributed by atoms with E-state index in [0.717, 1.165) is 5.54 Å². The van der Waals surface area contributed by atoms with Crippen LogP contribution in [0.25, 0.3) is 0 Å². The molecule has 21 heavy (non-hydrogen) atoms. The molecule has 0 radical (unpaired) electrons. The Bertz CT molecular complexity index is 561. The van der Waals surface area contributed by atoms with Gasteiger partial charge in [0.05, 0.1) is 0 Å². The van der Waals surface area contributed by atoms with Gasteiger partial charge in [-0.25, -0.2) is 0 Å². The van der Waals surface area contributed by atoms with Gasteiger partial charge in [0.2, 0.25) is 0 Å². The number of benzene rings is 1. The van der Waals surface area contributed by atoms with Crippen molar-refractivity contribution >= 4 is 13.3 Å². The molecule has 0 N–H and O–H groups in total. The Balaban J connectivity index is 2.11. The van der Waals surface area contributed by atoms with Crippen molar-refractivity contribution in [3.8, 4) is 0 Å². The largest absolute Gasteiger partial charge is 0.118 e. The Hall–Kier alpha value is -1.08. The summed E-state index contributed by atoms with van der Waals surface area (Å²) >= 11 is 0. The predicted molar refractivity (Wildman–Crippen MR) is 95.6 cm³/mol. The van der Waals surface area contributed by atoms with Crippen LogP contribution in [0.1, 0.15) is 52.4 Å². The summed E-state index contributed by atoms with van der Waals surface area (Å²) in [6, 6.07) is 11.5. The van der Waals surface area contributed by atoms with Crippen molar-refractivity contribution < 1.29 is 0 Å². The third-order valence-corrected chi connectivity index (χ3v) is 11.5. The van der Waals surface area contributed by atoms with Crippen molar-refractivity contribution in [3.05, 3.63) is 52.8 Å². The number of allylic oxidation sites excluding steroid dienone is 4. The first kappa shape index (κ1) is 14.8. The smallest absolute Gasteiger partial charge is 0.0776 e. The predicted octanol–water partition coefficient (Wildman–Crippen LogP) is 5.51. The van der Waals surface area contributed by atoms with Crippen molar-refractivity contribution in [1.82, 2.24) is 0 Å². The number of rotatable bonds is 3. The van der Waals surface area contributed by atoms with E-state index in [1.54, 1.807) is 21.5 Å². The van der Waals surface area contributed by atoms with Crippen LogP contribution < -0.4 is 5.19 Å². The summed E-state index contributed by atoms with van der Waals surface area (Å²) in [6.45, 7) is 7.38. The van der Waals surface area contributed by atoms with E-state index < -0.39 is 8.07 Å². The van der Waals surface area contributed by atoms with E-state index in [1.165, 1.54) is 38.5 Å². The molecule has 0 heterocycles. The lowest BCUT2D eigenvalue weighted by Crippen LogP contribution is -2.52. The fourth-order valence-electron chi connectivity index (χ4n) is 4.75. The minimum absolute atomic E-state index is 0.931. The summed E-state index contributed by atoms with van der Waals surface area (Å²) in [7, 11) is -1.61. The maximum absolute atomic E-state index is 2.65. The molecule has 1 fully saturated rings. The van der Waals surface area contributed by atoms with Gasteiger partial charge in [-0.15, -0.1) is 0 Å². The lowest BCUT2D eigenvalue weighted by molar-refractivity contribution is 0.494. The third-order valence-electron chi connectivity index (χ3n) is 5.85. The SMILES string of the molecule is CC1=CCC(C)=C1[Si](C)(c1ccccc1)C1CCCCC1. The average Bonchev–Trinajstić information content (AvgIpc) is 2.88. The minimum atomic E-state index is -1.61. The van der Waals surface area contributed by atoms with E-state index in [-0.39, 0.29) is 0 Å². The standard InChI is InChI=1S/C20H28Si/c1-16-14-15-17(2)20(16)21(3,18-10-6-4-7-11-18)19-12-8-5-9-13-19/h4,6-7,10-11,14,19H,5,8-9,12-13,15H2,1-3H3. The zero-order valence-electron chi connectivity index (χ0n) is 13.8. The molecule has 1 unspecified atom stereocenters. The van der Waals surface area contributed by atoms with Gasteiger partial charge in [0, 0.05) is 0 Å². The summed E-state index contributed by atoms with van der Waals surface area (Å²) in [5.74, 6) is 0. The number of hydrogen-bond acceptors (Lipinski definition) is 0. The van der Waals surface area contributed by atoms with Crippen molar-refractivity contribution in [2.75, 3.05) is 0 Å². The van der Waals surface area contributed by atoms with Crippen molar-refractivity contribution in [1.29, 1.82) is 0 Å². The summed E-state index contributed by atoms with van der Waals surface area (Å²) in [4.78, 5) is 0. The zero-order chi connectivity index (χ0) is 14.9. The van der Waals surface area contributed by atoms with Crippen LogP contribution >= 0.6 is 0 Å². The van der Waals surface area contributed by atoms with E-state index in [0.29, 0.717) is 0 Å². The molecule has 1 atom stereocenters. The van der Waals surface area contributed by atoms with E-state index in [2.05, 4.69) is 56.8 Å². The minimum Gasteiger partial charge on any atom is -0.0776 e. The summed E-state index contributed by atoms with van der Waals surface area (Å²) in [5.41, 5.74) is 4.16. The van der Waals surface area contributed by atoms with Crippen LogP contribution in [0.5, 0.6) is 0 Å². The molecular formula is C20H28Si. The van der Waals surface area contributed by atoms with Crippen molar-refractivity contribution in [2.24, 2.45) is 0 Å². The Kier molecular flexibility index (Phi) is 4.21. The van der Waals surface area contributed by atoms with Gasteiger partial charge in [0.25, 0.3) is 0 Å². The maximum Gasteiger partial charge on any atom is 0.118 e. The summed E-state index contributed by atoms with van der Waals surface area (Å²) in [5, 5.41) is 3.43. The first-order valence-electron chi connectivity index (χ1n) is 8.57. The first-order valence-corrected chi connectivity index (χ1v) is 11.1. The molecule has 0 spiro atoms. The topological polar surface area (TPSA) is 0 Å². The van der Waals surface area contributed by atoms with Crippen molar-refractivity contribution in [2.45, 2.75) is 64.5 Å². The zero-order valence-corrected chi connectivity index (χ0v) is 14.8. The van der Waals surface area contributed by atoms with Crippen LogP contribution in [0.15, 0.2) is 52.8 Å². The summed E-state index contributed by atoms with van der Waals surface area (Å²) < 4.78 is 0. The van der Waals surface area contributed by atoms with Gasteiger partial charge in [-0.1, -0.05) is 96.6 Å². The molecule has 0 aliphatic heterocycles. The second-order valence-corrected chi connectivity index (χ2v) is 11.4. The second-order valence-electron chi connectivity index (χ2n) is 7.15. The lowest BCUT2D eigenvalue weighted by Gasteiger charge is -2.41. The van der Waals surface area contributed by atoms with Crippen LogP contribution in [0.2, 0.25) is 12.1 Å². The van der Waals surface area contributed by atoms with E-state index >= 15 is 0 Å². The maximum atomic E-state index is 2.65. The van der Waals surface area contributed by atoms with E-state index in [4.69, 9.17) is 0 Å². The highest BCUT2D eigenvalue weighted by molar-refractivity contribution is 6.98. The molecule has 112 valence electrons. The highest BCUT2D eigenvalue weighted by Gasteiger charge is 2.43. The normalized spacial score (nSPS) is 23.1. The Morgan fingerprint density at radius 2 is 1.62 bits per heavy atom. The Morgan fingerprint density at radius 3 is 2.19 bits per heavy atom. The van der Waals surface area contributed by atoms with Crippen molar-refractivity contribution in [3.63, 3.8) is 0 Å². The van der Waals surface area contributed by atoms with Crippen LogP contribution in [-0.4, -0.2) is 8.07 Å². The van der Waals surface area contributed by atoms with Gasteiger partial charge in [0.15, 0.2) is 0 Å². The van der Waals surface area contributed by atoms with Crippen LogP contribution in [-0.2, 0) is 0 Å². The molecule has 2 aliphatic rings. The fourth-order valence-corrected chi connectivity index (χ4v) is 10.3. The molecule has 3 rings (SSSR count). The molecule has 1 heteroatoms. The van der Waals surface area contributed by atoms with Gasteiger partial charge < -0.3 is 0 Å². The molecular weight excluding hydrogens is 268 g/mol. The molecule has 0 saturated heterocycles. The number of hydrogen-bond donors (Lipinski definition) is 0. The van der Waals surface area contributed by atoms with Gasteiger partial charge in [-0.3, -0.25) is 0 Å².